The van der Waals surface area contributed by atoms with E-state index in [9.17, 15) is 0 Å². The first-order chi connectivity index (χ1) is 5.75. The van der Waals surface area contributed by atoms with Crippen molar-refractivity contribution in [3.8, 4) is 0 Å². The number of rotatable bonds is 0. The van der Waals surface area contributed by atoms with Crippen LogP contribution in [0.1, 0.15) is 39.5 Å². The minimum Gasteiger partial charge on any atom is -0.279 e. The summed E-state index contributed by atoms with van der Waals surface area (Å²) < 4.78 is 0. The molecule has 2 heteroatoms. The standard InChI is InChI=1S/C10H17NS/c1-7-3-5-9-10(6-4-7)12-8(2)11-9/h7,9-10H,3-6H2,1-2H3. The van der Waals surface area contributed by atoms with Crippen molar-refractivity contribution in [3.63, 3.8) is 0 Å². The van der Waals surface area contributed by atoms with Crippen molar-refractivity contribution >= 4 is 16.8 Å². The second kappa shape index (κ2) is 3.41. The zero-order valence-corrected chi connectivity index (χ0v) is 8.73. The highest BCUT2D eigenvalue weighted by molar-refractivity contribution is 8.14. The highest BCUT2D eigenvalue weighted by Gasteiger charge is 2.30. The van der Waals surface area contributed by atoms with Crippen molar-refractivity contribution in [2.75, 3.05) is 0 Å². The Morgan fingerprint density at radius 2 is 2.00 bits per heavy atom. The van der Waals surface area contributed by atoms with E-state index in [1.807, 2.05) is 11.8 Å². The molecule has 0 spiro atoms. The quantitative estimate of drug-likeness (QED) is 0.562. The molecule has 0 aromatic rings. The largest absolute Gasteiger partial charge is 0.279 e. The third kappa shape index (κ3) is 1.68. The maximum absolute atomic E-state index is 4.68. The predicted octanol–water partition coefficient (Wildman–Crippen LogP) is 3.10. The van der Waals surface area contributed by atoms with Gasteiger partial charge in [-0.05, 0) is 38.5 Å². The zero-order chi connectivity index (χ0) is 8.55. The summed E-state index contributed by atoms with van der Waals surface area (Å²) in [5, 5.41) is 2.15. The Kier molecular flexibility index (Phi) is 2.44. The third-order valence-electron chi connectivity index (χ3n) is 3.00. The highest BCUT2D eigenvalue weighted by atomic mass is 32.2. The fourth-order valence-corrected chi connectivity index (χ4v) is 3.44. The number of hydrogen-bond donors (Lipinski definition) is 0. The molecule has 0 amide bonds. The van der Waals surface area contributed by atoms with Crippen LogP contribution >= 0.6 is 11.8 Å². The fourth-order valence-electron chi connectivity index (χ4n) is 2.19. The molecule has 0 saturated heterocycles. The van der Waals surface area contributed by atoms with Crippen LogP contribution in [0.3, 0.4) is 0 Å². The van der Waals surface area contributed by atoms with E-state index in [-0.39, 0.29) is 0 Å². The molecule has 1 saturated carbocycles. The second-order valence-electron chi connectivity index (χ2n) is 4.13. The predicted molar refractivity (Wildman–Crippen MR) is 55.9 cm³/mol. The van der Waals surface area contributed by atoms with Crippen molar-refractivity contribution in [2.45, 2.75) is 50.8 Å². The van der Waals surface area contributed by atoms with Crippen LogP contribution in [0, 0.1) is 5.92 Å². The molecule has 1 aliphatic heterocycles. The summed E-state index contributed by atoms with van der Waals surface area (Å²) in [7, 11) is 0. The van der Waals surface area contributed by atoms with E-state index in [0.717, 1.165) is 11.2 Å². The normalized spacial score (nSPS) is 41.8. The topological polar surface area (TPSA) is 12.4 Å². The van der Waals surface area contributed by atoms with Crippen LogP contribution in [0.15, 0.2) is 4.99 Å². The second-order valence-corrected chi connectivity index (χ2v) is 5.56. The molecule has 0 N–H and O–H groups in total. The SMILES string of the molecule is CC1=NC2CCC(C)CCC2S1. The summed E-state index contributed by atoms with van der Waals surface area (Å²) in [5.74, 6) is 0.937. The number of nitrogens with zero attached hydrogens (tertiary/aromatic N) is 1. The summed E-state index contributed by atoms with van der Waals surface area (Å²) >= 11 is 2.01. The van der Waals surface area contributed by atoms with Gasteiger partial charge in [0.25, 0.3) is 0 Å². The maximum atomic E-state index is 4.68. The van der Waals surface area contributed by atoms with Gasteiger partial charge < -0.3 is 0 Å². The van der Waals surface area contributed by atoms with Gasteiger partial charge in [-0.1, -0.05) is 6.92 Å². The van der Waals surface area contributed by atoms with Gasteiger partial charge in [0.1, 0.15) is 0 Å². The van der Waals surface area contributed by atoms with Gasteiger partial charge in [0.2, 0.25) is 0 Å². The molecular weight excluding hydrogens is 166 g/mol. The first-order valence-corrected chi connectivity index (χ1v) is 5.84. The van der Waals surface area contributed by atoms with Crippen molar-refractivity contribution in [2.24, 2.45) is 10.9 Å². The monoisotopic (exact) mass is 183 g/mol. The van der Waals surface area contributed by atoms with Gasteiger partial charge in [0, 0.05) is 5.25 Å². The third-order valence-corrected chi connectivity index (χ3v) is 4.30. The van der Waals surface area contributed by atoms with E-state index in [4.69, 9.17) is 0 Å². The van der Waals surface area contributed by atoms with E-state index < -0.39 is 0 Å². The number of hydrogen-bond acceptors (Lipinski definition) is 2. The first-order valence-electron chi connectivity index (χ1n) is 4.97. The molecule has 3 unspecified atom stereocenters. The lowest BCUT2D eigenvalue weighted by Gasteiger charge is -2.11. The number of aliphatic imine (C=N–C) groups is 1. The first kappa shape index (κ1) is 8.61. The molecule has 68 valence electrons. The van der Waals surface area contributed by atoms with Gasteiger partial charge in [-0.25, -0.2) is 0 Å². The highest BCUT2D eigenvalue weighted by Crippen LogP contribution is 2.37. The van der Waals surface area contributed by atoms with Crippen LogP contribution in [-0.2, 0) is 0 Å². The molecule has 1 fully saturated rings. The Morgan fingerprint density at radius 3 is 2.83 bits per heavy atom. The number of thioether (sulfide) groups is 1. The van der Waals surface area contributed by atoms with E-state index in [1.165, 1.54) is 30.7 Å². The van der Waals surface area contributed by atoms with E-state index >= 15 is 0 Å². The summed E-state index contributed by atoms with van der Waals surface area (Å²) in [6.07, 6.45) is 5.52. The molecule has 0 aromatic heterocycles. The molecule has 2 rings (SSSR count). The van der Waals surface area contributed by atoms with E-state index in [1.54, 1.807) is 0 Å². The Balaban J connectivity index is 2.02. The Bertz CT molecular complexity index is 200. The van der Waals surface area contributed by atoms with Crippen LogP contribution in [0.2, 0.25) is 0 Å². The Labute approximate surface area is 79.0 Å². The van der Waals surface area contributed by atoms with Crippen LogP contribution < -0.4 is 0 Å². The minimum atomic E-state index is 0.667. The van der Waals surface area contributed by atoms with Crippen LogP contribution in [-0.4, -0.2) is 16.3 Å². The molecule has 1 aliphatic carbocycles. The molecule has 12 heavy (non-hydrogen) atoms. The van der Waals surface area contributed by atoms with Crippen LogP contribution in [0.25, 0.3) is 0 Å². The molecule has 0 bridgehead atoms. The van der Waals surface area contributed by atoms with Crippen molar-refractivity contribution < 1.29 is 0 Å². The smallest absolute Gasteiger partial charge is 0.0652 e. The average Bonchev–Trinajstić information content (AvgIpc) is 2.31. The lowest BCUT2D eigenvalue weighted by molar-refractivity contribution is 0.499. The molecule has 1 heterocycles. The summed E-state index contributed by atoms with van der Waals surface area (Å²) in [6.45, 7) is 4.53. The zero-order valence-electron chi connectivity index (χ0n) is 7.92. The molecule has 0 aromatic carbocycles. The molecular formula is C10H17NS. The average molecular weight is 183 g/mol. The van der Waals surface area contributed by atoms with Gasteiger partial charge in [-0.3, -0.25) is 4.99 Å². The molecule has 3 atom stereocenters. The fraction of sp³-hybridized carbons (Fsp3) is 0.900. The number of fused-ring (bicyclic) bond motifs is 1. The molecule has 1 nitrogen and oxygen atoms in total. The van der Waals surface area contributed by atoms with Gasteiger partial charge in [-0.2, -0.15) is 0 Å². The summed E-state index contributed by atoms with van der Waals surface area (Å²) in [5.41, 5.74) is 0. The summed E-state index contributed by atoms with van der Waals surface area (Å²) in [6, 6.07) is 0.667. The van der Waals surface area contributed by atoms with E-state index in [2.05, 4.69) is 18.8 Å². The van der Waals surface area contributed by atoms with E-state index in [0.29, 0.717) is 6.04 Å². The van der Waals surface area contributed by atoms with Crippen molar-refractivity contribution in [3.05, 3.63) is 0 Å². The summed E-state index contributed by atoms with van der Waals surface area (Å²) in [4.78, 5) is 4.68. The van der Waals surface area contributed by atoms with Crippen LogP contribution in [0.5, 0.6) is 0 Å². The van der Waals surface area contributed by atoms with Crippen LogP contribution in [0.4, 0.5) is 0 Å². The lowest BCUT2D eigenvalue weighted by Crippen LogP contribution is -2.14. The minimum absolute atomic E-state index is 0.667. The maximum Gasteiger partial charge on any atom is 0.0652 e. The molecule has 0 radical (unpaired) electrons. The van der Waals surface area contributed by atoms with Crippen molar-refractivity contribution in [1.29, 1.82) is 0 Å². The van der Waals surface area contributed by atoms with Gasteiger partial charge in [-0.15, -0.1) is 11.8 Å². The van der Waals surface area contributed by atoms with Gasteiger partial charge >= 0.3 is 0 Å². The Hall–Kier alpha value is 0.0200. The van der Waals surface area contributed by atoms with Gasteiger partial charge in [0.05, 0.1) is 11.1 Å². The van der Waals surface area contributed by atoms with Crippen molar-refractivity contribution in [1.82, 2.24) is 0 Å². The lowest BCUT2D eigenvalue weighted by atomic mass is 10.0. The molecule has 2 aliphatic rings. The Morgan fingerprint density at radius 1 is 1.25 bits per heavy atom. The van der Waals surface area contributed by atoms with Gasteiger partial charge in [0.15, 0.2) is 0 Å².